The first kappa shape index (κ1) is 15.1. The molecule has 0 bridgehead atoms. The molecule has 112 valence electrons. The fourth-order valence-corrected chi connectivity index (χ4v) is 3.02. The van der Waals surface area contributed by atoms with Gasteiger partial charge in [0.1, 0.15) is 11.4 Å². The summed E-state index contributed by atoms with van der Waals surface area (Å²) in [5.74, 6) is 1.06. The van der Waals surface area contributed by atoms with E-state index in [0.29, 0.717) is 11.7 Å². The molecule has 1 heterocycles. The third kappa shape index (κ3) is 3.06. The molecule has 1 aromatic rings. The molecule has 2 N–H and O–H groups in total. The Labute approximate surface area is 120 Å². The van der Waals surface area contributed by atoms with Crippen molar-refractivity contribution in [3.8, 4) is 0 Å². The Kier molecular flexibility index (Phi) is 4.23. The van der Waals surface area contributed by atoms with E-state index >= 15 is 0 Å². The Balaban J connectivity index is 1.95. The van der Waals surface area contributed by atoms with E-state index in [2.05, 4.69) is 19.2 Å². The number of amides is 1. The maximum absolute atomic E-state index is 12.4. The zero-order chi connectivity index (χ0) is 14.8. The summed E-state index contributed by atoms with van der Waals surface area (Å²) in [5.41, 5.74) is -1.38. The molecule has 1 fully saturated rings. The van der Waals surface area contributed by atoms with Gasteiger partial charge in [0.15, 0.2) is 0 Å². The number of nitrogens with one attached hydrogen (secondary N) is 1. The van der Waals surface area contributed by atoms with E-state index in [1.54, 1.807) is 19.1 Å². The first-order valence-electron chi connectivity index (χ1n) is 7.40. The van der Waals surface area contributed by atoms with Crippen LogP contribution in [0.15, 0.2) is 22.8 Å². The predicted octanol–water partition coefficient (Wildman–Crippen LogP) is 2.82. The third-order valence-electron chi connectivity index (χ3n) is 4.24. The molecule has 1 saturated carbocycles. The van der Waals surface area contributed by atoms with Crippen LogP contribution in [0.25, 0.3) is 0 Å². The van der Waals surface area contributed by atoms with Crippen molar-refractivity contribution < 1.29 is 14.3 Å². The minimum atomic E-state index is -1.16. The topological polar surface area (TPSA) is 62.5 Å². The van der Waals surface area contributed by atoms with Crippen molar-refractivity contribution in [2.24, 2.45) is 11.3 Å². The maximum Gasteiger partial charge on any atom is 0.226 e. The van der Waals surface area contributed by atoms with E-state index < -0.39 is 5.60 Å². The molecule has 0 aromatic carbocycles. The van der Waals surface area contributed by atoms with Crippen LogP contribution in [-0.2, 0) is 10.4 Å². The summed E-state index contributed by atoms with van der Waals surface area (Å²) in [6.45, 7) is 6.12. The average Bonchev–Trinajstić information content (AvgIpc) is 2.85. The van der Waals surface area contributed by atoms with E-state index in [4.69, 9.17) is 4.42 Å². The van der Waals surface area contributed by atoms with Crippen LogP contribution in [0.5, 0.6) is 0 Å². The quantitative estimate of drug-likeness (QED) is 0.841. The largest absolute Gasteiger partial charge is 0.466 e. The first-order valence-corrected chi connectivity index (χ1v) is 7.40. The van der Waals surface area contributed by atoms with Gasteiger partial charge in [0, 0.05) is 5.41 Å². The van der Waals surface area contributed by atoms with Gasteiger partial charge in [-0.05, 0) is 44.2 Å². The summed E-state index contributed by atoms with van der Waals surface area (Å²) in [6.07, 6.45) is 5.48. The van der Waals surface area contributed by atoms with Gasteiger partial charge in [-0.3, -0.25) is 4.79 Å². The van der Waals surface area contributed by atoms with Crippen molar-refractivity contribution in [2.45, 2.75) is 52.1 Å². The lowest BCUT2D eigenvalue weighted by Gasteiger charge is -2.42. The van der Waals surface area contributed by atoms with Gasteiger partial charge in [-0.15, -0.1) is 0 Å². The second kappa shape index (κ2) is 5.60. The second-order valence-corrected chi connectivity index (χ2v) is 6.67. The monoisotopic (exact) mass is 279 g/mol. The number of rotatable bonds is 6. The van der Waals surface area contributed by atoms with Crippen molar-refractivity contribution in [1.29, 1.82) is 0 Å². The van der Waals surface area contributed by atoms with E-state index in [1.165, 1.54) is 6.26 Å². The molecule has 1 aliphatic carbocycles. The van der Waals surface area contributed by atoms with E-state index in [0.717, 1.165) is 25.7 Å². The Hall–Kier alpha value is -1.29. The molecule has 4 nitrogen and oxygen atoms in total. The highest BCUT2D eigenvalue weighted by Gasteiger charge is 2.44. The zero-order valence-corrected chi connectivity index (χ0v) is 12.6. The molecule has 0 aliphatic heterocycles. The van der Waals surface area contributed by atoms with Crippen LogP contribution in [-0.4, -0.2) is 17.6 Å². The summed E-state index contributed by atoms with van der Waals surface area (Å²) in [5, 5.41) is 13.3. The van der Waals surface area contributed by atoms with Gasteiger partial charge < -0.3 is 14.8 Å². The Bertz CT molecular complexity index is 444. The molecule has 20 heavy (non-hydrogen) atoms. The summed E-state index contributed by atoms with van der Waals surface area (Å²) in [4.78, 5) is 12.4. The SMILES string of the molecule is CC(C)CC1(C(=O)NCC(C)(O)c2ccco2)CCC1. The van der Waals surface area contributed by atoms with Gasteiger partial charge >= 0.3 is 0 Å². The van der Waals surface area contributed by atoms with Gasteiger partial charge in [0.2, 0.25) is 5.91 Å². The predicted molar refractivity (Wildman–Crippen MR) is 77.0 cm³/mol. The van der Waals surface area contributed by atoms with Crippen LogP contribution in [0, 0.1) is 11.3 Å². The summed E-state index contributed by atoms with van der Waals surface area (Å²) >= 11 is 0. The highest BCUT2D eigenvalue weighted by Crippen LogP contribution is 2.46. The Morgan fingerprint density at radius 2 is 2.25 bits per heavy atom. The average molecular weight is 279 g/mol. The fourth-order valence-electron chi connectivity index (χ4n) is 3.02. The minimum absolute atomic E-state index is 0.0734. The lowest BCUT2D eigenvalue weighted by molar-refractivity contribution is -0.138. The maximum atomic E-state index is 12.4. The van der Waals surface area contributed by atoms with Crippen LogP contribution >= 0.6 is 0 Å². The summed E-state index contributed by atoms with van der Waals surface area (Å²) in [7, 11) is 0. The van der Waals surface area contributed by atoms with E-state index in [-0.39, 0.29) is 17.9 Å². The lowest BCUT2D eigenvalue weighted by atomic mass is 9.64. The smallest absolute Gasteiger partial charge is 0.226 e. The number of carbonyl (C=O) groups excluding carboxylic acids is 1. The Morgan fingerprint density at radius 3 is 2.70 bits per heavy atom. The van der Waals surface area contributed by atoms with Gasteiger partial charge in [0.05, 0.1) is 12.8 Å². The molecule has 1 atom stereocenters. The van der Waals surface area contributed by atoms with Crippen molar-refractivity contribution in [3.05, 3.63) is 24.2 Å². The standard InChI is InChI=1S/C16H25NO3/c1-12(2)10-16(7-5-8-16)14(18)17-11-15(3,19)13-6-4-9-20-13/h4,6,9,12,19H,5,7-8,10-11H2,1-3H3,(H,17,18). The highest BCUT2D eigenvalue weighted by atomic mass is 16.4. The lowest BCUT2D eigenvalue weighted by Crippen LogP contribution is -2.49. The molecule has 2 rings (SSSR count). The van der Waals surface area contributed by atoms with Crippen molar-refractivity contribution in [2.75, 3.05) is 6.54 Å². The molecule has 1 aliphatic rings. The van der Waals surface area contributed by atoms with Crippen LogP contribution < -0.4 is 5.32 Å². The van der Waals surface area contributed by atoms with Gasteiger partial charge in [0.25, 0.3) is 0 Å². The number of carbonyl (C=O) groups is 1. The van der Waals surface area contributed by atoms with Crippen LogP contribution in [0.3, 0.4) is 0 Å². The third-order valence-corrected chi connectivity index (χ3v) is 4.24. The molecule has 4 heteroatoms. The van der Waals surface area contributed by atoms with Crippen LogP contribution in [0.2, 0.25) is 0 Å². The molecule has 0 radical (unpaired) electrons. The molecular weight excluding hydrogens is 254 g/mol. The number of hydrogen-bond acceptors (Lipinski definition) is 3. The van der Waals surface area contributed by atoms with Crippen molar-refractivity contribution >= 4 is 5.91 Å². The van der Waals surface area contributed by atoms with E-state index in [9.17, 15) is 9.90 Å². The second-order valence-electron chi connectivity index (χ2n) is 6.67. The summed E-state index contributed by atoms with van der Waals surface area (Å²) in [6, 6.07) is 3.46. The molecule has 1 unspecified atom stereocenters. The van der Waals surface area contributed by atoms with Crippen molar-refractivity contribution in [3.63, 3.8) is 0 Å². The van der Waals surface area contributed by atoms with Gasteiger partial charge in [-0.2, -0.15) is 0 Å². The van der Waals surface area contributed by atoms with Crippen LogP contribution in [0.4, 0.5) is 0 Å². The molecule has 0 spiro atoms. The fraction of sp³-hybridized carbons (Fsp3) is 0.688. The molecule has 1 amide bonds. The zero-order valence-electron chi connectivity index (χ0n) is 12.6. The Morgan fingerprint density at radius 1 is 1.55 bits per heavy atom. The normalized spacial score (nSPS) is 20.2. The first-order chi connectivity index (χ1) is 9.36. The van der Waals surface area contributed by atoms with Gasteiger partial charge in [-0.1, -0.05) is 20.3 Å². The molecule has 1 aromatic heterocycles. The summed E-state index contributed by atoms with van der Waals surface area (Å²) < 4.78 is 5.22. The number of hydrogen-bond donors (Lipinski definition) is 2. The van der Waals surface area contributed by atoms with Crippen LogP contribution in [0.1, 0.15) is 52.2 Å². The van der Waals surface area contributed by atoms with Gasteiger partial charge in [-0.25, -0.2) is 0 Å². The highest BCUT2D eigenvalue weighted by molar-refractivity contribution is 5.83. The molecule has 0 saturated heterocycles. The van der Waals surface area contributed by atoms with Crippen molar-refractivity contribution in [1.82, 2.24) is 5.32 Å². The number of aliphatic hydroxyl groups is 1. The number of furan rings is 1. The van der Waals surface area contributed by atoms with E-state index in [1.807, 2.05) is 0 Å². The molecular formula is C16H25NO3. The minimum Gasteiger partial charge on any atom is -0.466 e.